The molecule has 108 valence electrons. The molecule has 0 aliphatic heterocycles. The lowest BCUT2D eigenvalue weighted by molar-refractivity contribution is 0.278. The Morgan fingerprint density at radius 1 is 1.30 bits per heavy atom. The molecular weight excluding hydrogens is 278 g/mol. The summed E-state index contributed by atoms with van der Waals surface area (Å²) < 4.78 is 26.6. The van der Waals surface area contributed by atoms with E-state index >= 15 is 0 Å². The second kappa shape index (κ2) is 6.17. The number of sulfonamides is 1. The predicted octanol–water partition coefficient (Wildman–Crippen LogP) is 0.731. The van der Waals surface area contributed by atoms with E-state index in [9.17, 15) is 8.42 Å². The molecule has 6 nitrogen and oxygen atoms in total. The summed E-state index contributed by atoms with van der Waals surface area (Å²) >= 11 is 0. The van der Waals surface area contributed by atoms with Gasteiger partial charge in [-0.3, -0.25) is 5.10 Å². The summed E-state index contributed by atoms with van der Waals surface area (Å²) in [6, 6.07) is 7.83. The average Bonchev–Trinajstić information content (AvgIpc) is 2.90. The van der Waals surface area contributed by atoms with Crippen LogP contribution in [0.4, 0.5) is 0 Å². The zero-order chi connectivity index (χ0) is 14.6. The number of hydrogen-bond acceptors (Lipinski definition) is 4. The Balaban J connectivity index is 2.02. The van der Waals surface area contributed by atoms with E-state index in [-0.39, 0.29) is 23.7 Å². The number of aliphatic hydroxyl groups is 1. The Morgan fingerprint density at radius 3 is 2.75 bits per heavy atom. The lowest BCUT2D eigenvalue weighted by Gasteiger charge is -2.08. The molecule has 0 radical (unpaired) electrons. The molecule has 0 atom stereocenters. The second-order valence-electron chi connectivity index (χ2n) is 4.46. The smallest absolute Gasteiger partial charge is 0.257 e. The van der Waals surface area contributed by atoms with Crippen molar-refractivity contribution in [2.75, 3.05) is 6.54 Å². The SMILES string of the molecule is Cc1ccccc1CCNS(=O)(=O)c1[nH]ncc1CO. The summed E-state index contributed by atoms with van der Waals surface area (Å²) in [5.74, 6) is 0. The lowest BCUT2D eigenvalue weighted by Crippen LogP contribution is -2.27. The first-order valence-corrected chi connectivity index (χ1v) is 7.70. The molecule has 1 aromatic heterocycles. The molecule has 0 fully saturated rings. The van der Waals surface area contributed by atoms with Crippen LogP contribution >= 0.6 is 0 Å². The summed E-state index contributed by atoms with van der Waals surface area (Å²) in [4.78, 5) is 0. The molecule has 7 heteroatoms. The molecule has 1 aromatic carbocycles. The monoisotopic (exact) mass is 295 g/mol. The first-order chi connectivity index (χ1) is 9.54. The van der Waals surface area contributed by atoms with Gasteiger partial charge in [0.2, 0.25) is 0 Å². The minimum atomic E-state index is -3.67. The van der Waals surface area contributed by atoms with Gasteiger partial charge >= 0.3 is 0 Å². The molecular formula is C13H17N3O3S. The predicted molar refractivity (Wildman–Crippen MR) is 74.6 cm³/mol. The number of nitrogens with one attached hydrogen (secondary N) is 2. The number of aromatic nitrogens is 2. The van der Waals surface area contributed by atoms with Crippen LogP contribution in [0.3, 0.4) is 0 Å². The third kappa shape index (κ3) is 3.24. The number of aromatic amines is 1. The van der Waals surface area contributed by atoms with Gasteiger partial charge in [-0.1, -0.05) is 24.3 Å². The van der Waals surface area contributed by atoms with Crippen LogP contribution in [0.15, 0.2) is 35.5 Å². The highest BCUT2D eigenvalue weighted by Crippen LogP contribution is 2.12. The topological polar surface area (TPSA) is 95.1 Å². The van der Waals surface area contributed by atoms with Gasteiger partial charge in [0.1, 0.15) is 0 Å². The molecule has 0 unspecified atom stereocenters. The summed E-state index contributed by atoms with van der Waals surface area (Å²) in [7, 11) is -3.67. The zero-order valence-corrected chi connectivity index (χ0v) is 11.9. The minimum Gasteiger partial charge on any atom is -0.392 e. The van der Waals surface area contributed by atoms with Gasteiger partial charge in [-0.25, -0.2) is 13.1 Å². The first kappa shape index (κ1) is 14.7. The number of H-pyrrole nitrogens is 1. The third-order valence-corrected chi connectivity index (χ3v) is 4.54. The van der Waals surface area contributed by atoms with Crippen LogP contribution in [0.2, 0.25) is 0 Å². The Bertz CT molecular complexity index is 680. The van der Waals surface area contributed by atoms with Gasteiger partial charge in [-0.05, 0) is 24.5 Å². The molecule has 2 aromatic rings. The highest BCUT2D eigenvalue weighted by Gasteiger charge is 2.19. The quantitative estimate of drug-likeness (QED) is 0.732. The second-order valence-corrected chi connectivity index (χ2v) is 6.16. The largest absolute Gasteiger partial charge is 0.392 e. The van der Waals surface area contributed by atoms with Crippen LogP contribution in [0.25, 0.3) is 0 Å². The fourth-order valence-corrected chi connectivity index (χ4v) is 3.08. The molecule has 1 heterocycles. The first-order valence-electron chi connectivity index (χ1n) is 6.22. The molecule has 20 heavy (non-hydrogen) atoms. The highest BCUT2D eigenvalue weighted by atomic mass is 32.2. The summed E-state index contributed by atoms with van der Waals surface area (Å²) in [6.45, 7) is 1.91. The van der Waals surface area contributed by atoms with Gasteiger partial charge in [-0.2, -0.15) is 5.10 Å². The van der Waals surface area contributed by atoms with E-state index in [1.165, 1.54) is 6.20 Å². The van der Waals surface area contributed by atoms with Crippen molar-refractivity contribution in [2.24, 2.45) is 0 Å². The van der Waals surface area contributed by atoms with E-state index in [1.54, 1.807) is 0 Å². The van der Waals surface area contributed by atoms with Gasteiger partial charge in [0.05, 0.1) is 12.8 Å². The Labute approximate surface area is 117 Å². The van der Waals surface area contributed by atoms with Gasteiger partial charge < -0.3 is 5.11 Å². The van der Waals surface area contributed by atoms with E-state index in [0.29, 0.717) is 6.42 Å². The van der Waals surface area contributed by atoms with E-state index in [1.807, 2.05) is 31.2 Å². The molecule has 2 rings (SSSR count). The molecule has 0 saturated carbocycles. The van der Waals surface area contributed by atoms with Gasteiger partial charge in [0.15, 0.2) is 5.03 Å². The zero-order valence-electron chi connectivity index (χ0n) is 11.1. The maximum atomic E-state index is 12.1. The van der Waals surface area contributed by atoms with Crippen molar-refractivity contribution >= 4 is 10.0 Å². The van der Waals surface area contributed by atoms with Crippen molar-refractivity contribution in [2.45, 2.75) is 25.0 Å². The van der Waals surface area contributed by atoms with Crippen LogP contribution < -0.4 is 4.72 Å². The number of nitrogens with zero attached hydrogens (tertiary/aromatic N) is 1. The fraction of sp³-hybridized carbons (Fsp3) is 0.308. The van der Waals surface area contributed by atoms with Crippen molar-refractivity contribution in [1.29, 1.82) is 0 Å². The van der Waals surface area contributed by atoms with Crippen molar-refractivity contribution in [3.05, 3.63) is 47.2 Å². The molecule has 0 spiro atoms. The number of hydrogen-bond donors (Lipinski definition) is 3. The van der Waals surface area contributed by atoms with Crippen molar-refractivity contribution in [3.8, 4) is 0 Å². The third-order valence-electron chi connectivity index (χ3n) is 3.06. The van der Waals surface area contributed by atoms with Crippen LogP contribution in [0.1, 0.15) is 16.7 Å². The van der Waals surface area contributed by atoms with Crippen LogP contribution in [0, 0.1) is 6.92 Å². The molecule has 0 bridgehead atoms. The maximum absolute atomic E-state index is 12.1. The van der Waals surface area contributed by atoms with Crippen LogP contribution in [-0.4, -0.2) is 30.3 Å². The summed E-state index contributed by atoms with van der Waals surface area (Å²) in [5, 5.41) is 15.0. The van der Waals surface area contributed by atoms with Crippen molar-refractivity contribution in [1.82, 2.24) is 14.9 Å². The summed E-state index contributed by atoms with van der Waals surface area (Å²) in [5.41, 5.74) is 2.49. The van der Waals surface area contributed by atoms with Crippen molar-refractivity contribution < 1.29 is 13.5 Å². The van der Waals surface area contributed by atoms with Gasteiger partial charge in [0.25, 0.3) is 10.0 Å². The van der Waals surface area contributed by atoms with E-state index in [2.05, 4.69) is 14.9 Å². The van der Waals surface area contributed by atoms with E-state index in [0.717, 1.165) is 11.1 Å². The van der Waals surface area contributed by atoms with Crippen molar-refractivity contribution in [3.63, 3.8) is 0 Å². The van der Waals surface area contributed by atoms with Gasteiger partial charge in [-0.15, -0.1) is 0 Å². The Hall–Kier alpha value is -1.70. The molecule has 0 amide bonds. The summed E-state index contributed by atoms with van der Waals surface area (Å²) in [6.07, 6.45) is 1.91. The normalized spacial score (nSPS) is 11.7. The number of aliphatic hydroxyl groups excluding tert-OH is 1. The molecule has 0 aliphatic rings. The maximum Gasteiger partial charge on any atom is 0.257 e. The minimum absolute atomic E-state index is 0.0789. The van der Waals surface area contributed by atoms with Crippen LogP contribution in [0.5, 0.6) is 0 Å². The van der Waals surface area contributed by atoms with Gasteiger partial charge in [0, 0.05) is 12.1 Å². The fourth-order valence-electron chi connectivity index (χ4n) is 1.93. The lowest BCUT2D eigenvalue weighted by atomic mass is 10.1. The van der Waals surface area contributed by atoms with E-state index in [4.69, 9.17) is 5.11 Å². The number of benzene rings is 1. The standard InChI is InChI=1S/C13H17N3O3S/c1-10-4-2-3-5-11(10)6-7-15-20(18,19)13-12(9-17)8-14-16-13/h2-5,8,15,17H,6-7,9H2,1H3,(H,14,16). The van der Waals surface area contributed by atoms with E-state index < -0.39 is 10.0 Å². The molecule has 3 N–H and O–H groups in total. The number of aryl methyl sites for hydroxylation is 1. The average molecular weight is 295 g/mol. The number of rotatable bonds is 6. The van der Waals surface area contributed by atoms with Crippen LogP contribution in [-0.2, 0) is 23.1 Å². The molecule has 0 aliphatic carbocycles. The molecule has 0 saturated heterocycles. The Morgan fingerprint density at radius 2 is 2.05 bits per heavy atom. The highest BCUT2D eigenvalue weighted by molar-refractivity contribution is 7.89. The Kier molecular flexibility index (Phi) is 4.53.